The Hall–Kier alpha value is -2.75. The topological polar surface area (TPSA) is 51.5 Å². The molecule has 4 nitrogen and oxygen atoms in total. The van der Waals surface area contributed by atoms with E-state index in [1.54, 1.807) is 12.1 Å². The number of hydrogen-bond acceptors (Lipinski definition) is 3. The summed E-state index contributed by atoms with van der Waals surface area (Å²) in [7, 11) is 0. The van der Waals surface area contributed by atoms with Gasteiger partial charge in [0.1, 0.15) is 5.75 Å². The lowest BCUT2D eigenvalue weighted by molar-refractivity contribution is 0.0379. The van der Waals surface area contributed by atoms with Crippen molar-refractivity contribution in [3.05, 3.63) is 59.8 Å². The molecule has 3 aromatic rings. The lowest BCUT2D eigenvalue weighted by Crippen LogP contribution is -2.12. The summed E-state index contributed by atoms with van der Waals surface area (Å²) >= 11 is 0. The predicted molar refractivity (Wildman–Crippen MR) is 90.2 cm³/mol. The van der Waals surface area contributed by atoms with Crippen LogP contribution in [0.2, 0.25) is 0 Å². The number of carbonyl (C=O) groups is 1. The molecule has 0 bridgehead atoms. The highest BCUT2D eigenvalue weighted by atomic mass is 16.5. The third-order valence-corrected chi connectivity index (χ3v) is 3.75. The van der Waals surface area contributed by atoms with Crippen LogP contribution in [0.3, 0.4) is 0 Å². The molecule has 0 saturated carbocycles. The van der Waals surface area contributed by atoms with Crippen molar-refractivity contribution in [2.75, 3.05) is 0 Å². The number of esters is 1. The molecule has 0 spiro atoms. The molecule has 4 heteroatoms. The van der Waals surface area contributed by atoms with Gasteiger partial charge in [0, 0.05) is 16.8 Å². The van der Waals surface area contributed by atoms with Crippen LogP contribution < -0.4 is 0 Å². The van der Waals surface area contributed by atoms with Crippen LogP contribution >= 0.6 is 0 Å². The van der Waals surface area contributed by atoms with Crippen molar-refractivity contribution in [3.63, 3.8) is 0 Å². The van der Waals surface area contributed by atoms with Crippen LogP contribution in [0.5, 0.6) is 5.75 Å². The predicted octanol–water partition coefficient (Wildman–Crippen LogP) is 4.21. The molecule has 2 aromatic carbocycles. The first kappa shape index (κ1) is 15.2. The second-order valence-corrected chi connectivity index (χ2v) is 5.79. The quantitative estimate of drug-likeness (QED) is 0.737. The average Bonchev–Trinajstić information content (AvgIpc) is 2.78. The molecule has 3 rings (SSSR count). The Labute approximate surface area is 134 Å². The second-order valence-electron chi connectivity index (χ2n) is 5.79. The van der Waals surface area contributed by atoms with Crippen molar-refractivity contribution in [2.45, 2.75) is 26.9 Å². The Morgan fingerprint density at radius 3 is 2.48 bits per heavy atom. The molecule has 0 saturated heterocycles. The summed E-state index contributed by atoms with van der Waals surface area (Å²) in [6.07, 6.45) is -0.200. The van der Waals surface area contributed by atoms with E-state index >= 15 is 0 Å². The maximum Gasteiger partial charge on any atom is 0.340 e. The van der Waals surface area contributed by atoms with Gasteiger partial charge in [0.2, 0.25) is 0 Å². The monoisotopic (exact) mass is 309 g/mol. The normalized spacial score (nSPS) is 11.1. The number of rotatable bonds is 3. The number of hydrogen-bond donors (Lipinski definition) is 1. The maximum absolute atomic E-state index is 12.5. The minimum absolute atomic E-state index is 0.126. The SMILES string of the molecule is Cc1c(C(=O)OC(C)C)c2cc(O)ccc2n1-c1ccccc1. The Balaban J connectivity index is 2.30. The van der Waals surface area contributed by atoms with Gasteiger partial charge in [-0.3, -0.25) is 0 Å². The van der Waals surface area contributed by atoms with Crippen molar-refractivity contribution in [1.82, 2.24) is 4.57 Å². The molecule has 1 heterocycles. The first-order valence-electron chi connectivity index (χ1n) is 7.59. The van der Waals surface area contributed by atoms with Gasteiger partial charge in [-0.2, -0.15) is 0 Å². The Morgan fingerprint density at radius 1 is 1.13 bits per heavy atom. The van der Waals surface area contributed by atoms with Gasteiger partial charge in [0.25, 0.3) is 0 Å². The largest absolute Gasteiger partial charge is 0.508 e. The smallest absolute Gasteiger partial charge is 0.340 e. The van der Waals surface area contributed by atoms with E-state index in [1.165, 1.54) is 0 Å². The van der Waals surface area contributed by atoms with Crippen molar-refractivity contribution < 1.29 is 14.6 Å². The van der Waals surface area contributed by atoms with E-state index in [1.807, 2.05) is 61.7 Å². The zero-order chi connectivity index (χ0) is 16.6. The number of benzene rings is 2. The van der Waals surface area contributed by atoms with Crippen molar-refractivity contribution in [2.24, 2.45) is 0 Å². The van der Waals surface area contributed by atoms with Crippen LogP contribution in [-0.2, 0) is 4.74 Å². The Bertz CT molecular complexity index is 863. The van der Waals surface area contributed by atoms with Gasteiger partial charge in [0.15, 0.2) is 0 Å². The minimum Gasteiger partial charge on any atom is -0.508 e. The van der Waals surface area contributed by atoms with Crippen LogP contribution in [0.15, 0.2) is 48.5 Å². The van der Waals surface area contributed by atoms with E-state index in [0.717, 1.165) is 16.9 Å². The molecule has 1 N–H and O–H groups in total. The summed E-state index contributed by atoms with van der Waals surface area (Å²) in [5.74, 6) is -0.246. The highest BCUT2D eigenvalue weighted by Gasteiger charge is 2.22. The highest BCUT2D eigenvalue weighted by Crippen LogP contribution is 2.32. The number of aromatic hydroxyl groups is 1. The number of para-hydroxylation sites is 1. The van der Waals surface area contributed by atoms with Crippen LogP contribution in [0, 0.1) is 6.92 Å². The van der Waals surface area contributed by atoms with Gasteiger partial charge >= 0.3 is 5.97 Å². The van der Waals surface area contributed by atoms with Gasteiger partial charge in [-0.25, -0.2) is 4.79 Å². The molecule has 0 radical (unpaired) electrons. The molecule has 1 aromatic heterocycles. The fourth-order valence-corrected chi connectivity index (χ4v) is 2.85. The molecule has 0 atom stereocenters. The number of carbonyl (C=O) groups excluding carboxylic acids is 1. The summed E-state index contributed by atoms with van der Waals surface area (Å²) in [6, 6.07) is 14.9. The van der Waals surface area contributed by atoms with Gasteiger partial charge in [0.05, 0.1) is 17.2 Å². The van der Waals surface area contributed by atoms with Crippen molar-refractivity contribution >= 4 is 16.9 Å². The van der Waals surface area contributed by atoms with E-state index in [4.69, 9.17) is 4.74 Å². The number of aromatic nitrogens is 1. The molecule has 0 aliphatic rings. The van der Waals surface area contributed by atoms with Crippen molar-refractivity contribution in [3.8, 4) is 11.4 Å². The first-order chi connectivity index (χ1) is 11.0. The number of nitrogens with zero attached hydrogens (tertiary/aromatic N) is 1. The Kier molecular flexibility index (Phi) is 3.82. The lowest BCUT2D eigenvalue weighted by atomic mass is 10.1. The third-order valence-electron chi connectivity index (χ3n) is 3.75. The van der Waals surface area contributed by atoms with E-state index in [2.05, 4.69) is 0 Å². The fourth-order valence-electron chi connectivity index (χ4n) is 2.85. The fraction of sp³-hybridized carbons (Fsp3) is 0.211. The summed E-state index contributed by atoms with van der Waals surface area (Å²) in [4.78, 5) is 12.5. The number of ether oxygens (including phenoxy) is 1. The van der Waals surface area contributed by atoms with Crippen LogP contribution in [-0.4, -0.2) is 21.7 Å². The zero-order valence-corrected chi connectivity index (χ0v) is 13.4. The summed E-state index contributed by atoms with van der Waals surface area (Å²) in [5, 5.41) is 10.5. The molecule has 23 heavy (non-hydrogen) atoms. The van der Waals surface area contributed by atoms with Gasteiger partial charge in [-0.15, -0.1) is 0 Å². The lowest BCUT2D eigenvalue weighted by Gasteiger charge is -2.10. The van der Waals surface area contributed by atoms with E-state index in [9.17, 15) is 9.90 Å². The second kappa shape index (κ2) is 5.80. The Morgan fingerprint density at radius 2 is 1.83 bits per heavy atom. The van der Waals surface area contributed by atoms with E-state index in [-0.39, 0.29) is 17.8 Å². The van der Waals surface area contributed by atoms with Crippen LogP contribution in [0.1, 0.15) is 29.9 Å². The molecule has 0 unspecified atom stereocenters. The zero-order valence-electron chi connectivity index (χ0n) is 13.4. The van der Waals surface area contributed by atoms with Crippen molar-refractivity contribution in [1.29, 1.82) is 0 Å². The molecular weight excluding hydrogens is 290 g/mol. The van der Waals surface area contributed by atoms with Crippen LogP contribution in [0.25, 0.3) is 16.6 Å². The number of phenols is 1. The first-order valence-corrected chi connectivity index (χ1v) is 7.59. The van der Waals surface area contributed by atoms with Gasteiger partial charge < -0.3 is 14.4 Å². The highest BCUT2D eigenvalue weighted by molar-refractivity contribution is 6.07. The van der Waals surface area contributed by atoms with Gasteiger partial charge in [-0.1, -0.05) is 18.2 Å². The molecule has 0 aliphatic heterocycles. The standard InChI is InChI=1S/C19H19NO3/c1-12(2)23-19(22)18-13(3)20(14-7-5-4-6-8-14)17-10-9-15(21)11-16(17)18/h4-12,21H,1-3H3. The third kappa shape index (κ3) is 2.68. The van der Waals surface area contributed by atoms with Gasteiger partial charge in [-0.05, 0) is 51.1 Å². The van der Waals surface area contributed by atoms with E-state index < -0.39 is 0 Å². The van der Waals surface area contributed by atoms with E-state index in [0.29, 0.717) is 10.9 Å². The summed E-state index contributed by atoms with van der Waals surface area (Å²) < 4.78 is 7.39. The molecular formula is C19H19NO3. The number of phenolic OH excluding ortho intramolecular Hbond substituents is 1. The minimum atomic E-state index is -0.372. The van der Waals surface area contributed by atoms with Crippen LogP contribution in [0.4, 0.5) is 0 Å². The molecule has 0 amide bonds. The molecule has 118 valence electrons. The summed E-state index contributed by atoms with van der Waals surface area (Å²) in [6.45, 7) is 5.53. The molecule has 0 aliphatic carbocycles. The molecule has 0 fully saturated rings. The summed E-state index contributed by atoms with van der Waals surface area (Å²) in [5.41, 5.74) is 3.11. The average molecular weight is 309 g/mol. The number of fused-ring (bicyclic) bond motifs is 1. The maximum atomic E-state index is 12.5.